The van der Waals surface area contributed by atoms with Crippen molar-refractivity contribution in [2.75, 3.05) is 6.54 Å². The minimum Gasteiger partial charge on any atom is -0.298 e. The first-order valence-electron chi connectivity index (χ1n) is 5.63. The number of benzene rings is 1. The van der Waals surface area contributed by atoms with E-state index in [-0.39, 0.29) is 6.04 Å². The fraction of sp³-hybridized carbons (Fsp3) is 0.462. The molecule has 2 unspecified atom stereocenters. The molecule has 2 nitrogen and oxygen atoms in total. The van der Waals surface area contributed by atoms with Crippen LogP contribution in [0.1, 0.15) is 18.4 Å². The summed E-state index contributed by atoms with van der Waals surface area (Å²) in [5, 5.41) is 0. The Morgan fingerprint density at radius 2 is 2.07 bits per heavy atom. The normalized spacial score (nSPS) is 30.0. The van der Waals surface area contributed by atoms with Crippen molar-refractivity contribution in [2.45, 2.75) is 25.4 Å². The Hall–Kier alpha value is -1.15. The zero-order valence-corrected chi connectivity index (χ0v) is 8.73. The maximum absolute atomic E-state index is 11.6. The zero-order valence-electron chi connectivity index (χ0n) is 8.73. The Morgan fingerprint density at radius 1 is 1.27 bits per heavy atom. The maximum Gasteiger partial charge on any atom is 0.150 e. The number of piperidine rings is 1. The molecule has 2 fully saturated rings. The van der Waals surface area contributed by atoms with Gasteiger partial charge in [-0.3, -0.25) is 9.69 Å². The zero-order chi connectivity index (χ0) is 10.3. The molecule has 2 atom stereocenters. The van der Waals surface area contributed by atoms with Gasteiger partial charge in [-0.1, -0.05) is 30.3 Å². The second-order valence-electron chi connectivity index (χ2n) is 4.70. The van der Waals surface area contributed by atoms with E-state index in [9.17, 15) is 4.79 Å². The quantitative estimate of drug-likeness (QED) is 0.727. The Bertz CT molecular complexity index is 373. The molecule has 2 heteroatoms. The molecule has 1 aromatic rings. The van der Waals surface area contributed by atoms with Gasteiger partial charge >= 0.3 is 0 Å². The van der Waals surface area contributed by atoms with Crippen LogP contribution in [0.2, 0.25) is 0 Å². The predicted molar refractivity (Wildman–Crippen MR) is 58.4 cm³/mol. The first-order chi connectivity index (χ1) is 7.33. The molecule has 0 amide bonds. The summed E-state index contributed by atoms with van der Waals surface area (Å²) in [7, 11) is 0. The van der Waals surface area contributed by atoms with E-state index in [1.807, 2.05) is 6.07 Å². The second-order valence-corrected chi connectivity index (χ2v) is 4.70. The smallest absolute Gasteiger partial charge is 0.150 e. The van der Waals surface area contributed by atoms with E-state index < -0.39 is 0 Å². The van der Waals surface area contributed by atoms with Crippen LogP contribution < -0.4 is 0 Å². The number of hydrogen-bond acceptors (Lipinski definition) is 2. The van der Waals surface area contributed by atoms with Crippen LogP contribution in [-0.2, 0) is 11.3 Å². The van der Waals surface area contributed by atoms with Crippen molar-refractivity contribution in [3.8, 4) is 0 Å². The Morgan fingerprint density at radius 3 is 2.73 bits per heavy atom. The average molecular weight is 201 g/mol. The molecular weight excluding hydrogens is 186 g/mol. The van der Waals surface area contributed by atoms with Crippen LogP contribution in [0, 0.1) is 5.92 Å². The SMILES string of the molecule is O=C1CC2CC1N(Cc1ccccc1)C2. The number of hydrogen-bond donors (Lipinski definition) is 0. The van der Waals surface area contributed by atoms with Crippen molar-refractivity contribution in [3.05, 3.63) is 35.9 Å². The number of ketones is 1. The largest absolute Gasteiger partial charge is 0.298 e. The highest BCUT2D eigenvalue weighted by atomic mass is 16.1. The van der Waals surface area contributed by atoms with Crippen molar-refractivity contribution in [3.63, 3.8) is 0 Å². The topological polar surface area (TPSA) is 20.3 Å². The number of carbonyl (C=O) groups is 1. The van der Waals surface area contributed by atoms with Crippen LogP contribution in [0.3, 0.4) is 0 Å². The molecule has 0 spiro atoms. The second kappa shape index (κ2) is 3.46. The van der Waals surface area contributed by atoms with Crippen LogP contribution in [0.15, 0.2) is 30.3 Å². The van der Waals surface area contributed by atoms with E-state index in [1.165, 1.54) is 5.56 Å². The highest BCUT2D eigenvalue weighted by Gasteiger charge is 2.43. The van der Waals surface area contributed by atoms with Gasteiger partial charge in [0, 0.05) is 19.5 Å². The predicted octanol–water partition coefficient (Wildman–Crippen LogP) is 1.85. The molecule has 0 N–H and O–H groups in total. The van der Waals surface area contributed by atoms with Gasteiger partial charge in [-0.05, 0) is 17.9 Å². The molecule has 1 heterocycles. The van der Waals surface area contributed by atoms with E-state index in [0.29, 0.717) is 11.7 Å². The van der Waals surface area contributed by atoms with Crippen molar-refractivity contribution in [1.82, 2.24) is 4.90 Å². The number of likely N-dealkylation sites (tertiary alicyclic amines) is 1. The van der Waals surface area contributed by atoms with Crippen LogP contribution in [0.5, 0.6) is 0 Å². The van der Waals surface area contributed by atoms with Crippen LogP contribution in [0.25, 0.3) is 0 Å². The van der Waals surface area contributed by atoms with E-state index in [1.54, 1.807) is 0 Å². The first kappa shape index (κ1) is 9.10. The summed E-state index contributed by atoms with van der Waals surface area (Å²) in [6.45, 7) is 2.05. The first-order valence-corrected chi connectivity index (χ1v) is 5.63. The standard InChI is InChI=1S/C13H15NO/c15-13-7-11-6-12(13)14(9-11)8-10-4-2-1-3-5-10/h1-5,11-12H,6-9H2. The van der Waals surface area contributed by atoms with Crippen molar-refractivity contribution < 1.29 is 4.79 Å². The van der Waals surface area contributed by atoms with Crippen molar-refractivity contribution in [1.29, 1.82) is 0 Å². The lowest BCUT2D eigenvalue weighted by molar-refractivity contribution is -0.123. The van der Waals surface area contributed by atoms with Gasteiger partial charge < -0.3 is 0 Å². The molecule has 0 aromatic heterocycles. The summed E-state index contributed by atoms with van der Waals surface area (Å²) in [5.41, 5.74) is 1.32. The third kappa shape index (κ3) is 1.59. The molecule has 2 bridgehead atoms. The molecule has 1 saturated carbocycles. The summed E-state index contributed by atoms with van der Waals surface area (Å²) in [4.78, 5) is 13.9. The lowest BCUT2D eigenvalue weighted by Gasteiger charge is -2.25. The third-order valence-corrected chi connectivity index (χ3v) is 3.58. The molecule has 2 aliphatic rings. The molecule has 1 aliphatic heterocycles. The van der Waals surface area contributed by atoms with E-state index in [4.69, 9.17) is 0 Å². The van der Waals surface area contributed by atoms with Gasteiger partial charge in [0.25, 0.3) is 0 Å². The summed E-state index contributed by atoms with van der Waals surface area (Å²) >= 11 is 0. The van der Waals surface area contributed by atoms with Gasteiger partial charge in [-0.2, -0.15) is 0 Å². The number of rotatable bonds is 2. The Balaban J connectivity index is 1.73. The maximum atomic E-state index is 11.6. The van der Waals surface area contributed by atoms with Gasteiger partial charge in [-0.15, -0.1) is 0 Å². The van der Waals surface area contributed by atoms with Crippen LogP contribution in [0.4, 0.5) is 0 Å². The Kier molecular flexibility index (Phi) is 2.10. The molecule has 78 valence electrons. The number of nitrogens with zero attached hydrogens (tertiary/aromatic N) is 1. The lowest BCUT2D eigenvalue weighted by Crippen LogP contribution is -2.37. The molecule has 1 aromatic carbocycles. The molecule has 1 saturated heterocycles. The van der Waals surface area contributed by atoms with Gasteiger partial charge in [-0.25, -0.2) is 0 Å². The summed E-state index contributed by atoms with van der Waals surface area (Å²) in [5.74, 6) is 1.10. The van der Waals surface area contributed by atoms with Crippen molar-refractivity contribution >= 4 is 5.78 Å². The van der Waals surface area contributed by atoms with Gasteiger partial charge in [0.15, 0.2) is 0 Å². The Labute approximate surface area is 89.9 Å². The van der Waals surface area contributed by atoms with Gasteiger partial charge in [0.05, 0.1) is 6.04 Å². The summed E-state index contributed by atoms with van der Waals surface area (Å²) in [6.07, 6.45) is 1.93. The number of carbonyl (C=O) groups excluding carboxylic acids is 1. The minimum absolute atomic E-state index is 0.232. The lowest BCUT2D eigenvalue weighted by atomic mass is 10.1. The molecule has 3 rings (SSSR count). The van der Waals surface area contributed by atoms with Gasteiger partial charge in [0.1, 0.15) is 5.78 Å². The van der Waals surface area contributed by atoms with Crippen molar-refractivity contribution in [2.24, 2.45) is 5.92 Å². The highest BCUT2D eigenvalue weighted by molar-refractivity contribution is 5.87. The molecular formula is C13H15NO. The molecule has 1 aliphatic carbocycles. The minimum atomic E-state index is 0.232. The fourth-order valence-corrected chi connectivity index (χ4v) is 2.89. The third-order valence-electron chi connectivity index (χ3n) is 3.58. The average Bonchev–Trinajstić information content (AvgIpc) is 2.77. The molecule has 0 radical (unpaired) electrons. The van der Waals surface area contributed by atoms with Crippen LogP contribution in [-0.4, -0.2) is 23.3 Å². The summed E-state index contributed by atoms with van der Waals surface area (Å²) < 4.78 is 0. The monoisotopic (exact) mass is 201 g/mol. The van der Waals surface area contributed by atoms with E-state index in [0.717, 1.165) is 25.9 Å². The number of fused-ring (bicyclic) bond motifs is 2. The number of Topliss-reactive ketones (excluding diaryl/α,β-unsaturated/α-hetero) is 1. The van der Waals surface area contributed by atoms with Gasteiger partial charge in [0.2, 0.25) is 0 Å². The molecule has 15 heavy (non-hydrogen) atoms. The van der Waals surface area contributed by atoms with E-state index >= 15 is 0 Å². The van der Waals surface area contributed by atoms with Crippen LogP contribution >= 0.6 is 0 Å². The summed E-state index contributed by atoms with van der Waals surface area (Å²) in [6, 6.07) is 10.7. The fourth-order valence-electron chi connectivity index (χ4n) is 2.89. The highest BCUT2D eigenvalue weighted by Crippen LogP contribution is 2.35. The van der Waals surface area contributed by atoms with E-state index in [2.05, 4.69) is 29.2 Å².